The minimum Gasteiger partial charge on any atom is -0.387 e. The molecule has 16 heavy (non-hydrogen) atoms. The van der Waals surface area contributed by atoms with Crippen LogP contribution in [0.3, 0.4) is 0 Å². The van der Waals surface area contributed by atoms with E-state index in [2.05, 4.69) is 46.1 Å². The second kappa shape index (κ2) is 4.42. The molecule has 1 aromatic heterocycles. The third kappa shape index (κ3) is 1.69. The first kappa shape index (κ1) is 11.4. The summed E-state index contributed by atoms with van der Waals surface area (Å²) in [6.45, 7) is 4.23. The molecule has 0 bridgehead atoms. The van der Waals surface area contributed by atoms with E-state index in [1.807, 2.05) is 19.2 Å². The van der Waals surface area contributed by atoms with Gasteiger partial charge in [0.2, 0.25) is 0 Å². The summed E-state index contributed by atoms with van der Waals surface area (Å²) in [4.78, 5) is 4.67. The second-order valence-electron chi connectivity index (χ2n) is 3.79. The van der Waals surface area contributed by atoms with Gasteiger partial charge in [-0.05, 0) is 40.9 Å². The van der Waals surface area contributed by atoms with Gasteiger partial charge < -0.3 is 5.32 Å². The van der Waals surface area contributed by atoms with Gasteiger partial charge in [-0.15, -0.1) is 0 Å². The molecule has 0 radical (unpaired) electrons. The first-order chi connectivity index (χ1) is 7.69. The predicted octanol–water partition coefficient (Wildman–Crippen LogP) is 3.91. The SMILES string of the molecule is CCc1c(C)nc2c(Br)cccc2c1NC. The number of fused-ring (bicyclic) bond motifs is 1. The highest BCUT2D eigenvalue weighted by atomic mass is 79.9. The van der Waals surface area contributed by atoms with Gasteiger partial charge >= 0.3 is 0 Å². The highest BCUT2D eigenvalue weighted by molar-refractivity contribution is 9.10. The summed E-state index contributed by atoms with van der Waals surface area (Å²) < 4.78 is 1.05. The number of para-hydroxylation sites is 1. The molecule has 0 aliphatic heterocycles. The maximum Gasteiger partial charge on any atom is 0.0868 e. The predicted molar refractivity (Wildman–Crippen MR) is 73.1 cm³/mol. The Morgan fingerprint density at radius 3 is 2.75 bits per heavy atom. The number of benzene rings is 1. The molecule has 0 fully saturated rings. The minimum absolute atomic E-state index is 0.997. The molecule has 84 valence electrons. The fourth-order valence-electron chi connectivity index (χ4n) is 2.13. The van der Waals surface area contributed by atoms with Crippen LogP contribution in [0, 0.1) is 6.92 Å². The van der Waals surface area contributed by atoms with Crippen molar-refractivity contribution in [2.45, 2.75) is 20.3 Å². The molecule has 0 atom stereocenters. The largest absolute Gasteiger partial charge is 0.387 e. The van der Waals surface area contributed by atoms with Gasteiger partial charge in [-0.25, -0.2) is 0 Å². The van der Waals surface area contributed by atoms with Gasteiger partial charge in [-0.3, -0.25) is 4.98 Å². The van der Waals surface area contributed by atoms with Crippen molar-refractivity contribution in [2.75, 3.05) is 12.4 Å². The van der Waals surface area contributed by atoms with E-state index < -0.39 is 0 Å². The monoisotopic (exact) mass is 278 g/mol. The van der Waals surface area contributed by atoms with Crippen LogP contribution in [0.15, 0.2) is 22.7 Å². The van der Waals surface area contributed by atoms with Crippen molar-refractivity contribution in [3.05, 3.63) is 33.9 Å². The Labute approximate surface area is 104 Å². The van der Waals surface area contributed by atoms with Gasteiger partial charge in [0.1, 0.15) is 0 Å². The average molecular weight is 279 g/mol. The Hall–Kier alpha value is -1.09. The third-order valence-electron chi connectivity index (χ3n) is 2.88. The van der Waals surface area contributed by atoms with Crippen LogP contribution >= 0.6 is 15.9 Å². The van der Waals surface area contributed by atoms with Crippen molar-refractivity contribution in [1.29, 1.82) is 0 Å². The van der Waals surface area contributed by atoms with E-state index in [1.165, 1.54) is 16.6 Å². The first-order valence-electron chi connectivity index (χ1n) is 5.44. The van der Waals surface area contributed by atoms with Crippen LogP contribution in [0.5, 0.6) is 0 Å². The molecular formula is C13H15BrN2. The van der Waals surface area contributed by atoms with Crippen LogP contribution < -0.4 is 5.32 Å². The lowest BCUT2D eigenvalue weighted by Crippen LogP contribution is -2.01. The maximum absolute atomic E-state index is 4.67. The van der Waals surface area contributed by atoms with Crippen LogP contribution in [0.2, 0.25) is 0 Å². The number of nitrogens with zero attached hydrogens (tertiary/aromatic N) is 1. The third-order valence-corrected chi connectivity index (χ3v) is 3.52. The lowest BCUT2D eigenvalue weighted by molar-refractivity contribution is 1.07. The summed E-state index contributed by atoms with van der Waals surface area (Å²) in [5, 5.41) is 4.48. The molecular weight excluding hydrogens is 264 g/mol. The fraction of sp³-hybridized carbons (Fsp3) is 0.308. The number of aromatic nitrogens is 1. The Bertz CT molecular complexity index is 535. The summed E-state index contributed by atoms with van der Waals surface area (Å²) in [5.41, 5.74) is 4.63. The van der Waals surface area contributed by atoms with Crippen LogP contribution in [0.4, 0.5) is 5.69 Å². The summed E-state index contributed by atoms with van der Waals surface area (Å²) in [7, 11) is 1.97. The summed E-state index contributed by atoms with van der Waals surface area (Å²) in [5.74, 6) is 0. The average Bonchev–Trinajstić information content (AvgIpc) is 2.28. The molecule has 0 spiro atoms. The molecule has 0 aliphatic rings. The van der Waals surface area contributed by atoms with Gasteiger partial charge in [0.05, 0.1) is 5.52 Å². The van der Waals surface area contributed by atoms with E-state index in [0.29, 0.717) is 0 Å². The van der Waals surface area contributed by atoms with Crippen molar-refractivity contribution in [1.82, 2.24) is 4.98 Å². The van der Waals surface area contributed by atoms with Crippen LogP contribution in [0.25, 0.3) is 10.9 Å². The normalized spacial score (nSPS) is 10.8. The summed E-state index contributed by atoms with van der Waals surface area (Å²) >= 11 is 3.55. The maximum atomic E-state index is 4.67. The van der Waals surface area contributed by atoms with Crippen LogP contribution in [-0.4, -0.2) is 12.0 Å². The number of rotatable bonds is 2. The van der Waals surface area contributed by atoms with Gasteiger partial charge in [-0.2, -0.15) is 0 Å². The molecule has 3 heteroatoms. The zero-order valence-electron chi connectivity index (χ0n) is 9.76. The Morgan fingerprint density at radius 2 is 2.12 bits per heavy atom. The van der Waals surface area contributed by atoms with E-state index in [-0.39, 0.29) is 0 Å². The Morgan fingerprint density at radius 1 is 1.38 bits per heavy atom. The zero-order chi connectivity index (χ0) is 11.7. The van der Waals surface area contributed by atoms with Crippen molar-refractivity contribution >= 4 is 32.5 Å². The number of hydrogen-bond acceptors (Lipinski definition) is 2. The van der Waals surface area contributed by atoms with E-state index in [4.69, 9.17) is 0 Å². The lowest BCUT2D eigenvalue weighted by atomic mass is 10.0. The highest BCUT2D eigenvalue weighted by Gasteiger charge is 2.11. The van der Waals surface area contributed by atoms with Crippen LogP contribution in [-0.2, 0) is 6.42 Å². The van der Waals surface area contributed by atoms with Crippen LogP contribution in [0.1, 0.15) is 18.2 Å². The van der Waals surface area contributed by atoms with Gasteiger partial charge in [0, 0.05) is 28.3 Å². The van der Waals surface area contributed by atoms with E-state index in [0.717, 1.165) is 22.1 Å². The van der Waals surface area contributed by atoms with Crippen molar-refractivity contribution < 1.29 is 0 Å². The Balaban J connectivity index is 2.90. The molecule has 0 amide bonds. The van der Waals surface area contributed by atoms with Gasteiger partial charge in [0.25, 0.3) is 0 Å². The minimum atomic E-state index is 0.997. The number of nitrogens with one attached hydrogen (secondary N) is 1. The molecule has 2 nitrogen and oxygen atoms in total. The molecule has 0 unspecified atom stereocenters. The number of aryl methyl sites for hydroxylation is 1. The number of hydrogen-bond donors (Lipinski definition) is 1. The molecule has 2 aromatic rings. The first-order valence-corrected chi connectivity index (χ1v) is 6.23. The number of halogens is 1. The zero-order valence-corrected chi connectivity index (χ0v) is 11.4. The van der Waals surface area contributed by atoms with E-state index in [9.17, 15) is 0 Å². The molecule has 0 saturated heterocycles. The van der Waals surface area contributed by atoms with Gasteiger partial charge in [-0.1, -0.05) is 19.1 Å². The van der Waals surface area contributed by atoms with E-state index in [1.54, 1.807) is 0 Å². The lowest BCUT2D eigenvalue weighted by Gasteiger charge is -2.14. The second-order valence-corrected chi connectivity index (χ2v) is 4.64. The number of pyridine rings is 1. The van der Waals surface area contributed by atoms with Crippen molar-refractivity contribution in [2.24, 2.45) is 0 Å². The quantitative estimate of drug-likeness (QED) is 0.901. The van der Waals surface area contributed by atoms with Crippen molar-refractivity contribution in [3.8, 4) is 0 Å². The Kier molecular flexibility index (Phi) is 3.15. The topological polar surface area (TPSA) is 24.9 Å². The smallest absolute Gasteiger partial charge is 0.0868 e. The number of anilines is 1. The highest BCUT2D eigenvalue weighted by Crippen LogP contribution is 2.32. The van der Waals surface area contributed by atoms with Gasteiger partial charge in [0.15, 0.2) is 0 Å². The molecule has 0 saturated carbocycles. The fourth-order valence-corrected chi connectivity index (χ4v) is 2.58. The van der Waals surface area contributed by atoms with Crippen molar-refractivity contribution in [3.63, 3.8) is 0 Å². The molecule has 1 N–H and O–H groups in total. The molecule has 0 aliphatic carbocycles. The standard InChI is InChI=1S/C13H15BrN2/c1-4-9-8(2)16-13-10(12(9)15-3)6-5-7-11(13)14/h5-7H,4H2,1-3H3,(H,15,16). The summed E-state index contributed by atoms with van der Waals surface area (Å²) in [6, 6.07) is 6.18. The molecule has 1 aromatic carbocycles. The molecule has 2 rings (SSSR count). The molecule has 1 heterocycles. The van der Waals surface area contributed by atoms with E-state index >= 15 is 0 Å². The summed E-state index contributed by atoms with van der Waals surface area (Å²) in [6.07, 6.45) is 0.997.